The Balaban J connectivity index is 2.32. The zero-order valence-electron chi connectivity index (χ0n) is 7.46. The summed E-state index contributed by atoms with van der Waals surface area (Å²) in [6, 6.07) is 0. The predicted octanol–water partition coefficient (Wildman–Crippen LogP) is 0.677. The van der Waals surface area contributed by atoms with Crippen LogP contribution in [-0.2, 0) is 9.53 Å². The van der Waals surface area contributed by atoms with Crippen LogP contribution >= 0.6 is 0 Å². The van der Waals surface area contributed by atoms with Crippen molar-refractivity contribution in [3.05, 3.63) is 0 Å². The molecular formula is C8H14N2O2. The Hall–Kier alpha value is -0.900. The molecule has 1 rings (SSSR count). The van der Waals surface area contributed by atoms with Crippen LogP contribution in [-0.4, -0.2) is 24.3 Å². The Bertz CT molecular complexity index is 191. The second-order valence-electron chi connectivity index (χ2n) is 3.04. The highest BCUT2D eigenvalue weighted by molar-refractivity contribution is 5.84. The van der Waals surface area contributed by atoms with E-state index >= 15 is 0 Å². The number of carbonyl (C=O) groups excluding carboxylic acids is 1. The van der Waals surface area contributed by atoms with Gasteiger partial charge in [0.15, 0.2) is 0 Å². The van der Waals surface area contributed by atoms with Crippen LogP contribution in [0.5, 0.6) is 0 Å². The van der Waals surface area contributed by atoms with Gasteiger partial charge in [0, 0.05) is 12.3 Å². The van der Waals surface area contributed by atoms with Crippen LogP contribution in [0.3, 0.4) is 0 Å². The van der Waals surface area contributed by atoms with Crippen molar-refractivity contribution in [1.29, 1.82) is 0 Å². The van der Waals surface area contributed by atoms with Crippen molar-refractivity contribution in [3.63, 3.8) is 0 Å². The monoisotopic (exact) mass is 170 g/mol. The molecule has 0 radical (unpaired) electrons. The van der Waals surface area contributed by atoms with E-state index in [0.29, 0.717) is 6.61 Å². The molecule has 12 heavy (non-hydrogen) atoms. The van der Waals surface area contributed by atoms with Crippen molar-refractivity contribution in [1.82, 2.24) is 5.43 Å². The number of rotatable bonds is 2. The summed E-state index contributed by atoms with van der Waals surface area (Å²) < 4.78 is 5.17. The minimum atomic E-state index is -0.284. The summed E-state index contributed by atoms with van der Waals surface area (Å²) in [4.78, 5) is 11.2. The van der Waals surface area contributed by atoms with Crippen LogP contribution in [0.4, 0.5) is 0 Å². The molecule has 0 aromatic rings. The first-order valence-electron chi connectivity index (χ1n) is 4.12. The van der Waals surface area contributed by atoms with Crippen molar-refractivity contribution in [3.8, 4) is 0 Å². The van der Waals surface area contributed by atoms with Gasteiger partial charge in [-0.2, -0.15) is 5.10 Å². The lowest BCUT2D eigenvalue weighted by atomic mass is 10.2. The number of ether oxygens (including phenoxy) is 1. The predicted molar refractivity (Wildman–Crippen MR) is 45.9 cm³/mol. The molecule has 1 atom stereocenters. The molecule has 0 aromatic carbocycles. The van der Waals surface area contributed by atoms with Gasteiger partial charge in [-0.05, 0) is 26.7 Å². The smallest absolute Gasteiger partial charge is 0.269 e. The van der Waals surface area contributed by atoms with E-state index in [1.54, 1.807) is 0 Å². The average molecular weight is 170 g/mol. The van der Waals surface area contributed by atoms with Crippen molar-refractivity contribution in [2.24, 2.45) is 5.10 Å². The number of nitrogens with zero attached hydrogens (tertiary/aromatic N) is 1. The molecule has 0 bridgehead atoms. The highest BCUT2D eigenvalue weighted by Crippen LogP contribution is 2.11. The Morgan fingerprint density at radius 1 is 1.58 bits per heavy atom. The lowest BCUT2D eigenvalue weighted by Gasteiger charge is -2.06. The number of hydrogen-bond donors (Lipinski definition) is 1. The molecule has 1 saturated heterocycles. The van der Waals surface area contributed by atoms with E-state index in [0.717, 1.165) is 18.6 Å². The van der Waals surface area contributed by atoms with Gasteiger partial charge in [0.25, 0.3) is 5.91 Å². The fourth-order valence-electron chi connectivity index (χ4n) is 1.02. The minimum Gasteiger partial charge on any atom is -0.368 e. The lowest BCUT2D eigenvalue weighted by Crippen LogP contribution is -2.31. The molecule has 0 saturated carbocycles. The maximum absolute atomic E-state index is 11.2. The van der Waals surface area contributed by atoms with Gasteiger partial charge in [-0.1, -0.05) is 0 Å². The summed E-state index contributed by atoms with van der Waals surface area (Å²) in [6.45, 7) is 4.35. The average Bonchev–Trinajstić information content (AvgIpc) is 2.51. The third kappa shape index (κ3) is 2.62. The molecule has 4 nitrogen and oxygen atoms in total. The maximum atomic E-state index is 11.2. The minimum absolute atomic E-state index is 0.131. The molecule has 1 heterocycles. The lowest BCUT2D eigenvalue weighted by molar-refractivity contribution is -0.130. The van der Waals surface area contributed by atoms with Gasteiger partial charge in [-0.25, -0.2) is 5.43 Å². The second kappa shape index (κ2) is 4.21. The zero-order chi connectivity index (χ0) is 8.97. The Morgan fingerprint density at radius 3 is 2.83 bits per heavy atom. The van der Waals surface area contributed by atoms with E-state index in [9.17, 15) is 4.79 Å². The molecule has 0 aliphatic carbocycles. The molecule has 4 heteroatoms. The molecule has 0 unspecified atom stereocenters. The van der Waals surface area contributed by atoms with Gasteiger partial charge < -0.3 is 4.74 Å². The third-order valence-electron chi connectivity index (χ3n) is 1.61. The van der Waals surface area contributed by atoms with Gasteiger partial charge in [0.2, 0.25) is 0 Å². The molecule has 0 spiro atoms. The first-order chi connectivity index (χ1) is 5.70. The topological polar surface area (TPSA) is 50.7 Å². The molecule has 0 aromatic heterocycles. The van der Waals surface area contributed by atoms with E-state index in [4.69, 9.17) is 4.74 Å². The normalized spacial score (nSPS) is 22.0. The standard InChI is InChI=1S/C8H14N2O2/c1-6(2)9-10-8(11)7-4-3-5-12-7/h7H,3-5H2,1-2H3,(H,10,11)/t7-/m0/s1. The summed E-state index contributed by atoms with van der Waals surface area (Å²) in [6.07, 6.45) is 1.49. The van der Waals surface area contributed by atoms with Crippen LogP contribution in [0.1, 0.15) is 26.7 Å². The highest BCUT2D eigenvalue weighted by atomic mass is 16.5. The van der Waals surface area contributed by atoms with Gasteiger partial charge in [-0.3, -0.25) is 4.79 Å². The Labute approximate surface area is 72.0 Å². The van der Waals surface area contributed by atoms with Crippen LogP contribution in [0.15, 0.2) is 5.10 Å². The second-order valence-corrected chi connectivity index (χ2v) is 3.04. The summed E-state index contributed by atoms with van der Waals surface area (Å²) in [5.74, 6) is -0.131. The molecule has 1 aliphatic heterocycles. The summed E-state index contributed by atoms with van der Waals surface area (Å²) in [5, 5.41) is 3.81. The number of carbonyl (C=O) groups is 1. The SMILES string of the molecule is CC(C)=NNC(=O)[C@@H]1CCCO1. The molecular weight excluding hydrogens is 156 g/mol. The van der Waals surface area contributed by atoms with Crippen LogP contribution < -0.4 is 5.43 Å². The fraction of sp³-hybridized carbons (Fsp3) is 0.750. The molecule has 68 valence electrons. The number of hydrazone groups is 1. The Morgan fingerprint density at radius 2 is 2.33 bits per heavy atom. The van der Waals surface area contributed by atoms with E-state index in [1.807, 2.05) is 13.8 Å². The maximum Gasteiger partial charge on any atom is 0.269 e. The van der Waals surface area contributed by atoms with E-state index < -0.39 is 0 Å². The van der Waals surface area contributed by atoms with Crippen molar-refractivity contribution in [2.75, 3.05) is 6.61 Å². The molecule has 1 aliphatic rings. The number of amides is 1. The quantitative estimate of drug-likeness (QED) is 0.489. The molecule has 1 amide bonds. The Kier molecular flexibility index (Phi) is 3.22. The van der Waals surface area contributed by atoms with Crippen molar-refractivity contribution < 1.29 is 9.53 Å². The molecule has 1 N–H and O–H groups in total. The fourth-order valence-corrected chi connectivity index (χ4v) is 1.02. The highest BCUT2D eigenvalue weighted by Gasteiger charge is 2.22. The third-order valence-corrected chi connectivity index (χ3v) is 1.61. The summed E-state index contributed by atoms with van der Waals surface area (Å²) in [7, 11) is 0. The van der Waals surface area contributed by atoms with E-state index in [1.165, 1.54) is 0 Å². The first-order valence-corrected chi connectivity index (χ1v) is 4.12. The number of nitrogens with one attached hydrogen (secondary N) is 1. The largest absolute Gasteiger partial charge is 0.368 e. The molecule has 1 fully saturated rings. The van der Waals surface area contributed by atoms with E-state index in [-0.39, 0.29) is 12.0 Å². The van der Waals surface area contributed by atoms with E-state index in [2.05, 4.69) is 10.5 Å². The van der Waals surface area contributed by atoms with Crippen molar-refractivity contribution >= 4 is 11.6 Å². The van der Waals surface area contributed by atoms with Gasteiger partial charge >= 0.3 is 0 Å². The number of hydrogen-bond acceptors (Lipinski definition) is 3. The zero-order valence-corrected chi connectivity index (χ0v) is 7.46. The van der Waals surface area contributed by atoms with Crippen LogP contribution in [0.25, 0.3) is 0 Å². The summed E-state index contributed by atoms with van der Waals surface area (Å²) >= 11 is 0. The summed E-state index contributed by atoms with van der Waals surface area (Å²) in [5.41, 5.74) is 3.28. The van der Waals surface area contributed by atoms with Crippen LogP contribution in [0.2, 0.25) is 0 Å². The van der Waals surface area contributed by atoms with Gasteiger partial charge in [0.05, 0.1) is 0 Å². The van der Waals surface area contributed by atoms with Crippen LogP contribution in [0, 0.1) is 0 Å². The first kappa shape index (κ1) is 9.19. The van der Waals surface area contributed by atoms with Crippen molar-refractivity contribution in [2.45, 2.75) is 32.8 Å². The van der Waals surface area contributed by atoms with Gasteiger partial charge in [-0.15, -0.1) is 0 Å². The van der Waals surface area contributed by atoms with Gasteiger partial charge in [0.1, 0.15) is 6.10 Å².